The summed E-state index contributed by atoms with van der Waals surface area (Å²) in [6.45, 7) is 0.0248. The number of nitrogens with one attached hydrogen (secondary N) is 1. The number of benzene rings is 1. The molecule has 1 amide bonds. The van der Waals surface area contributed by atoms with E-state index in [9.17, 15) is 9.59 Å². The average molecular weight is 290 g/mol. The topological polar surface area (TPSA) is 81.4 Å². The third-order valence-electron chi connectivity index (χ3n) is 2.68. The van der Waals surface area contributed by atoms with Crippen LogP contribution in [0.2, 0.25) is 0 Å². The van der Waals surface area contributed by atoms with Gasteiger partial charge < -0.3 is 14.6 Å². The molecule has 0 unspecified atom stereocenters. The first-order valence-corrected chi connectivity index (χ1v) is 6.84. The smallest absolute Gasteiger partial charge is 0.338 e. The number of thioether (sulfide) groups is 1. The van der Waals surface area contributed by atoms with Crippen LogP contribution in [0.3, 0.4) is 0 Å². The van der Waals surface area contributed by atoms with Gasteiger partial charge in [-0.2, -0.15) is 0 Å². The molecule has 0 bridgehead atoms. The van der Waals surface area contributed by atoms with Crippen molar-refractivity contribution >= 4 is 29.3 Å². The molecular weight excluding hydrogens is 280 g/mol. The molecule has 1 aliphatic rings. The minimum atomic E-state index is -0.478. The average Bonchev–Trinajstić information content (AvgIpc) is 2.97. The fourth-order valence-electron chi connectivity index (χ4n) is 1.75. The zero-order chi connectivity index (χ0) is 13.9. The lowest BCUT2D eigenvalue weighted by molar-refractivity contribution is -0.113. The van der Waals surface area contributed by atoms with Gasteiger partial charge in [-0.05, 0) is 18.2 Å². The SMILES string of the molecule is O=C1CSc2ccc(C(=O)OCc3ccno3)cc2N1. The Labute approximate surface area is 118 Å². The summed E-state index contributed by atoms with van der Waals surface area (Å²) in [6.07, 6.45) is 1.48. The monoisotopic (exact) mass is 290 g/mol. The van der Waals surface area contributed by atoms with E-state index in [0.29, 0.717) is 22.8 Å². The number of amides is 1. The summed E-state index contributed by atoms with van der Waals surface area (Å²) < 4.78 is 9.93. The van der Waals surface area contributed by atoms with Gasteiger partial charge in [0, 0.05) is 11.0 Å². The first kappa shape index (κ1) is 12.7. The number of anilines is 1. The van der Waals surface area contributed by atoms with E-state index < -0.39 is 5.97 Å². The molecule has 6 nitrogen and oxygen atoms in total. The Morgan fingerprint density at radius 3 is 3.15 bits per heavy atom. The molecule has 0 saturated heterocycles. The van der Waals surface area contributed by atoms with Crippen molar-refractivity contribution in [3.63, 3.8) is 0 Å². The lowest BCUT2D eigenvalue weighted by atomic mass is 10.2. The molecule has 1 N–H and O–H groups in total. The Kier molecular flexibility index (Phi) is 3.42. The summed E-state index contributed by atoms with van der Waals surface area (Å²) in [5.74, 6) is 0.311. The van der Waals surface area contributed by atoms with Gasteiger partial charge in [-0.3, -0.25) is 4.79 Å². The molecule has 1 aromatic heterocycles. The number of aromatic nitrogens is 1. The third-order valence-corrected chi connectivity index (χ3v) is 3.76. The van der Waals surface area contributed by atoms with Crippen LogP contribution in [-0.4, -0.2) is 22.8 Å². The van der Waals surface area contributed by atoms with Gasteiger partial charge >= 0.3 is 5.97 Å². The Balaban J connectivity index is 1.72. The molecule has 2 aromatic rings. The Bertz CT molecular complexity index is 654. The molecule has 0 atom stereocenters. The molecular formula is C13H10N2O4S. The van der Waals surface area contributed by atoms with Gasteiger partial charge in [-0.15, -0.1) is 11.8 Å². The van der Waals surface area contributed by atoms with Gasteiger partial charge in [0.15, 0.2) is 12.4 Å². The summed E-state index contributed by atoms with van der Waals surface area (Å²) in [5, 5.41) is 6.25. The Hall–Kier alpha value is -2.28. The molecule has 1 aromatic carbocycles. The summed E-state index contributed by atoms with van der Waals surface area (Å²) in [5.41, 5.74) is 1.02. The molecule has 20 heavy (non-hydrogen) atoms. The van der Waals surface area contributed by atoms with Crippen LogP contribution in [0.15, 0.2) is 39.9 Å². The van der Waals surface area contributed by atoms with Gasteiger partial charge in [-0.1, -0.05) is 5.16 Å². The lowest BCUT2D eigenvalue weighted by Crippen LogP contribution is -2.19. The van der Waals surface area contributed by atoms with Gasteiger partial charge in [0.05, 0.1) is 23.2 Å². The molecule has 3 rings (SSSR count). The van der Waals surface area contributed by atoms with Gasteiger partial charge in [0.2, 0.25) is 5.91 Å². The van der Waals surface area contributed by atoms with Crippen LogP contribution in [0.5, 0.6) is 0 Å². The van der Waals surface area contributed by atoms with Crippen molar-refractivity contribution in [1.82, 2.24) is 5.16 Å². The number of carbonyl (C=O) groups excluding carboxylic acids is 2. The Morgan fingerprint density at radius 2 is 2.35 bits per heavy atom. The van der Waals surface area contributed by atoms with Crippen LogP contribution in [0.1, 0.15) is 16.1 Å². The zero-order valence-electron chi connectivity index (χ0n) is 10.3. The number of fused-ring (bicyclic) bond motifs is 1. The second-order valence-corrected chi connectivity index (χ2v) is 5.12. The van der Waals surface area contributed by atoms with Crippen molar-refractivity contribution in [3.8, 4) is 0 Å². The Morgan fingerprint density at radius 1 is 1.45 bits per heavy atom. The van der Waals surface area contributed by atoms with Crippen LogP contribution < -0.4 is 5.32 Å². The molecule has 102 valence electrons. The number of rotatable bonds is 3. The summed E-state index contributed by atoms with van der Waals surface area (Å²) in [6, 6.07) is 6.70. The van der Waals surface area contributed by atoms with Crippen molar-refractivity contribution in [2.45, 2.75) is 11.5 Å². The van der Waals surface area contributed by atoms with E-state index in [1.807, 2.05) is 0 Å². The van der Waals surface area contributed by atoms with Gasteiger partial charge in [0.1, 0.15) is 0 Å². The van der Waals surface area contributed by atoms with E-state index in [4.69, 9.17) is 9.26 Å². The minimum Gasteiger partial charge on any atom is -0.454 e. The second-order valence-electron chi connectivity index (χ2n) is 4.10. The fourth-order valence-corrected chi connectivity index (χ4v) is 2.54. The van der Waals surface area contributed by atoms with Crippen LogP contribution >= 0.6 is 11.8 Å². The lowest BCUT2D eigenvalue weighted by Gasteiger charge is -2.16. The van der Waals surface area contributed by atoms with E-state index in [-0.39, 0.29) is 12.5 Å². The molecule has 7 heteroatoms. The highest BCUT2D eigenvalue weighted by Crippen LogP contribution is 2.32. The molecule has 0 radical (unpaired) electrons. The van der Waals surface area contributed by atoms with Crippen LogP contribution in [0.4, 0.5) is 5.69 Å². The van der Waals surface area contributed by atoms with Crippen molar-refractivity contribution in [1.29, 1.82) is 0 Å². The fraction of sp³-hybridized carbons (Fsp3) is 0.154. The van der Waals surface area contributed by atoms with Crippen LogP contribution in [-0.2, 0) is 16.1 Å². The van der Waals surface area contributed by atoms with Crippen molar-refractivity contribution < 1.29 is 18.8 Å². The maximum Gasteiger partial charge on any atom is 0.338 e. The van der Waals surface area contributed by atoms with Crippen molar-refractivity contribution in [2.24, 2.45) is 0 Å². The summed E-state index contributed by atoms with van der Waals surface area (Å²) in [7, 11) is 0. The van der Waals surface area contributed by atoms with Crippen LogP contribution in [0, 0.1) is 0 Å². The van der Waals surface area contributed by atoms with E-state index in [2.05, 4.69) is 10.5 Å². The normalized spacial score (nSPS) is 13.5. The minimum absolute atomic E-state index is 0.0248. The van der Waals surface area contributed by atoms with Gasteiger partial charge in [-0.25, -0.2) is 4.79 Å². The first-order chi connectivity index (χ1) is 9.72. The van der Waals surface area contributed by atoms with Crippen LogP contribution in [0.25, 0.3) is 0 Å². The number of esters is 1. The molecule has 0 fully saturated rings. The first-order valence-electron chi connectivity index (χ1n) is 5.86. The predicted octanol–water partition coefficient (Wildman–Crippen LogP) is 2.08. The number of hydrogen-bond donors (Lipinski definition) is 1. The quantitative estimate of drug-likeness (QED) is 0.872. The molecule has 0 aliphatic carbocycles. The number of hydrogen-bond acceptors (Lipinski definition) is 6. The van der Waals surface area contributed by atoms with E-state index in [0.717, 1.165) is 4.90 Å². The maximum absolute atomic E-state index is 11.9. The summed E-state index contributed by atoms with van der Waals surface area (Å²) >= 11 is 1.44. The van der Waals surface area contributed by atoms with Crippen molar-refractivity contribution in [3.05, 3.63) is 41.8 Å². The molecule has 0 saturated carbocycles. The number of carbonyl (C=O) groups is 2. The largest absolute Gasteiger partial charge is 0.454 e. The molecule has 2 heterocycles. The highest BCUT2D eigenvalue weighted by Gasteiger charge is 2.18. The van der Waals surface area contributed by atoms with Gasteiger partial charge in [0.25, 0.3) is 0 Å². The molecule has 0 spiro atoms. The number of ether oxygens (including phenoxy) is 1. The highest BCUT2D eigenvalue weighted by atomic mass is 32.2. The number of nitrogens with zero attached hydrogens (tertiary/aromatic N) is 1. The van der Waals surface area contributed by atoms with E-state index in [1.54, 1.807) is 24.3 Å². The molecule has 1 aliphatic heterocycles. The zero-order valence-corrected chi connectivity index (χ0v) is 11.1. The van der Waals surface area contributed by atoms with E-state index >= 15 is 0 Å². The van der Waals surface area contributed by atoms with Crippen molar-refractivity contribution in [2.75, 3.05) is 11.1 Å². The summed E-state index contributed by atoms with van der Waals surface area (Å²) in [4.78, 5) is 24.2. The van der Waals surface area contributed by atoms with E-state index in [1.165, 1.54) is 18.0 Å². The second kappa shape index (κ2) is 5.38. The maximum atomic E-state index is 11.9. The standard InChI is InChI=1S/C13H10N2O4S/c16-12-7-20-11-2-1-8(5-10(11)15-12)13(17)18-6-9-3-4-14-19-9/h1-5H,6-7H2,(H,15,16). The highest BCUT2D eigenvalue weighted by molar-refractivity contribution is 8.00. The third kappa shape index (κ3) is 2.67. The predicted molar refractivity (Wildman–Crippen MR) is 71.4 cm³/mol.